The summed E-state index contributed by atoms with van der Waals surface area (Å²) < 4.78 is 30.4. The molecule has 0 fully saturated rings. The van der Waals surface area contributed by atoms with E-state index in [2.05, 4.69) is 20.4 Å². The third kappa shape index (κ3) is 8.43. The molecule has 10 nitrogen and oxygen atoms in total. The van der Waals surface area contributed by atoms with Crippen LogP contribution in [0.25, 0.3) is 10.6 Å². The molecule has 4 rings (SSSR count). The van der Waals surface area contributed by atoms with Gasteiger partial charge in [-0.3, -0.25) is 10.3 Å². The Bertz CT molecular complexity index is 1380. The van der Waals surface area contributed by atoms with Crippen LogP contribution in [-0.2, 0) is 38.0 Å². The van der Waals surface area contributed by atoms with Crippen molar-refractivity contribution in [2.24, 2.45) is 0 Å². The van der Waals surface area contributed by atoms with Crippen molar-refractivity contribution < 1.29 is 27.4 Å². The number of ether oxygens (including phenoxy) is 1. The van der Waals surface area contributed by atoms with E-state index < -0.39 is 29.5 Å². The molecule has 1 unspecified atom stereocenters. The number of carbonyl (C=O) groups is 2. The van der Waals surface area contributed by atoms with E-state index >= 15 is 0 Å². The maximum Gasteiger partial charge on any atom is 0.407 e. The van der Waals surface area contributed by atoms with Gasteiger partial charge in [-0.2, -0.15) is 4.28 Å². The SMILES string of the molecule is COC(=O)N[C@@H](Cc1ccccc1)C(=O)N[C@@H](Cc1ccc(NOS(=O)[O-])cc1)c1nc(-c2cccs2)cs1. The average Bonchev–Trinajstić information content (AvgIpc) is 3.65. The van der Waals surface area contributed by atoms with Crippen LogP contribution in [-0.4, -0.2) is 38.9 Å². The number of benzene rings is 2. The topological polar surface area (TPSA) is 142 Å². The number of hydrogen-bond donors (Lipinski definition) is 3. The molecule has 2 aromatic carbocycles. The van der Waals surface area contributed by atoms with Crippen LogP contribution in [0.4, 0.5) is 10.5 Å². The molecule has 0 aliphatic heterocycles. The molecule has 0 radical (unpaired) electrons. The molecule has 0 aliphatic rings. The van der Waals surface area contributed by atoms with Crippen molar-refractivity contribution in [1.29, 1.82) is 0 Å². The van der Waals surface area contributed by atoms with E-state index in [-0.39, 0.29) is 12.3 Å². The van der Waals surface area contributed by atoms with E-state index in [1.165, 1.54) is 18.4 Å². The van der Waals surface area contributed by atoms with E-state index in [0.717, 1.165) is 21.7 Å². The van der Waals surface area contributed by atoms with Gasteiger partial charge in [0.25, 0.3) is 0 Å². The van der Waals surface area contributed by atoms with Gasteiger partial charge < -0.3 is 19.9 Å². The Balaban J connectivity index is 1.56. The zero-order valence-electron chi connectivity index (χ0n) is 20.7. The molecule has 0 spiro atoms. The maximum absolute atomic E-state index is 13.5. The average molecular weight is 586 g/mol. The number of thiophene rings is 1. The van der Waals surface area contributed by atoms with Crippen LogP contribution in [0.15, 0.2) is 77.5 Å². The van der Waals surface area contributed by atoms with Gasteiger partial charge in [-0.1, -0.05) is 48.5 Å². The summed E-state index contributed by atoms with van der Waals surface area (Å²) in [6, 6.07) is 18.8. The van der Waals surface area contributed by atoms with Gasteiger partial charge in [-0.25, -0.2) is 14.0 Å². The molecule has 0 bridgehead atoms. The van der Waals surface area contributed by atoms with Crippen molar-refractivity contribution in [2.45, 2.75) is 24.9 Å². The molecule has 0 saturated carbocycles. The Morgan fingerprint density at radius 1 is 0.974 bits per heavy atom. The van der Waals surface area contributed by atoms with Crippen molar-refractivity contribution in [1.82, 2.24) is 15.6 Å². The summed E-state index contributed by atoms with van der Waals surface area (Å²) in [5.41, 5.74) is 5.33. The molecule has 4 aromatic rings. The van der Waals surface area contributed by atoms with Crippen LogP contribution >= 0.6 is 22.7 Å². The smallest absolute Gasteiger partial charge is 0.407 e. The minimum atomic E-state index is -2.70. The van der Waals surface area contributed by atoms with Crippen LogP contribution in [0, 0.1) is 0 Å². The molecule has 0 saturated heterocycles. The first-order valence-electron chi connectivity index (χ1n) is 11.7. The number of carbonyl (C=O) groups excluding carboxylic acids is 2. The molecule has 39 heavy (non-hydrogen) atoms. The minimum absolute atomic E-state index is 0.272. The standard InChI is InChI=1S/C26H26N4O6S3/c1-35-26(32)29-20(14-17-6-3-2-4-7-17)24(31)27-21(25-28-22(16-38-25)23-8-5-13-37-23)15-18-9-11-19(12-10-18)30-36-39(33)34/h2-13,16,20-21,30H,14-15H2,1H3,(H,27,31)(H,29,32)(H,33,34)/p-1/t20-,21-/m0/s1. The Morgan fingerprint density at radius 3 is 2.38 bits per heavy atom. The highest BCUT2D eigenvalue weighted by Crippen LogP contribution is 2.30. The van der Waals surface area contributed by atoms with Crippen molar-refractivity contribution in [2.75, 3.05) is 12.6 Å². The maximum atomic E-state index is 13.5. The normalized spacial score (nSPS) is 13.2. The lowest BCUT2D eigenvalue weighted by atomic mass is 10.0. The van der Waals surface area contributed by atoms with E-state index in [1.807, 2.05) is 53.2 Å². The van der Waals surface area contributed by atoms with Crippen molar-refractivity contribution in [3.05, 3.63) is 93.6 Å². The highest BCUT2D eigenvalue weighted by Gasteiger charge is 2.26. The lowest BCUT2D eigenvalue weighted by Gasteiger charge is -2.22. The van der Waals surface area contributed by atoms with Gasteiger partial charge in [0, 0.05) is 11.8 Å². The number of rotatable bonds is 12. The van der Waals surface area contributed by atoms with Gasteiger partial charge in [0.05, 0.1) is 29.4 Å². The van der Waals surface area contributed by atoms with Crippen molar-refractivity contribution in [3.63, 3.8) is 0 Å². The largest absolute Gasteiger partial charge is 0.748 e. The molecule has 3 N–H and O–H groups in total. The number of anilines is 1. The number of alkyl carbamates (subject to hydrolysis) is 1. The number of amides is 2. The Kier molecular flexibility index (Phi) is 10.2. The van der Waals surface area contributed by atoms with E-state index in [4.69, 9.17) is 9.72 Å². The zero-order chi connectivity index (χ0) is 27.6. The summed E-state index contributed by atoms with van der Waals surface area (Å²) in [5.74, 6) is -0.383. The van der Waals surface area contributed by atoms with Crippen molar-refractivity contribution >= 4 is 51.7 Å². The van der Waals surface area contributed by atoms with Crippen LogP contribution in [0.5, 0.6) is 0 Å². The predicted molar refractivity (Wildman–Crippen MR) is 150 cm³/mol. The Morgan fingerprint density at radius 2 is 1.72 bits per heavy atom. The number of nitrogens with one attached hydrogen (secondary N) is 3. The predicted octanol–water partition coefficient (Wildman–Crippen LogP) is 4.38. The molecule has 3 atom stereocenters. The minimum Gasteiger partial charge on any atom is -0.748 e. The van der Waals surface area contributed by atoms with Gasteiger partial charge in [-0.15, -0.1) is 22.7 Å². The first-order chi connectivity index (χ1) is 18.9. The number of aromatic nitrogens is 1. The van der Waals surface area contributed by atoms with E-state index in [0.29, 0.717) is 17.1 Å². The Labute approximate surface area is 235 Å². The quantitative estimate of drug-likeness (QED) is 0.164. The summed E-state index contributed by atoms with van der Waals surface area (Å²) in [6.07, 6.45) is -0.0383. The van der Waals surface area contributed by atoms with E-state index in [9.17, 15) is 18.4 Å². The number of thiazole rings is 1. The molecule has 0 aliphatic carbocycles. The number of hydrogen-bond acceptors (Lipinski definition) is 10. The first-order valence-corrected chi connectivity index (χ1v) is 14.5. The van der Waals surface area contributed by atoms with Gasteiger partial charge in [0.15, 0.2) is 0 Å². The highest BCUT2D eigenvalue weighted by atomic mass is 32.2. The highest BCUT2D eigenvalue weighted by molar-refractivity contribution is 7.74. The zero-order valence-corrected chi connectivity index (χ0v) is 23.1. The molecular formula is C26H25N4O6S3-. The number of nitrogens with zero attached hydrogens (tertiary/aromatic N) is 1. The fourth-order valence-corrected chi connectivity index (χ4v) is 5.54. The first kappa shape index (κ1) is 28.4. The summed E-state index contributed by atoms with van der Waals surface area (Å²) in [6.45, 7) is 0. The number of methoxy groups -OCH3 is 1. The monoisotopic (exact) mass is 585 g/mol. The lowest BCUT2D eigenvalue weighted by molar-refractivity contribution is -0.123. The third-order valence-electron chi connectivity index (χ3n) is 5.61. The van der Waals surface area contributed by atoms with Crippen LogP contribution in [0.1, 0.15) is 22.2 Å². The molecule has 2 aromatic heterocycles. The fourth-order valence-electron chi connectivity index (χ4n) is 3.74. The van der Waals surface area contributed by atoms with Gasteiger partial charge in [0.1, 0.15) is 22.4 Å². The van der Waals surface area contributed by atoms with Gasteiger partial charge in [-0.05, 0) is 41.1 Å². The summed E-state index contributed by atoms with van der Waals surface area (Å²) >= 11 is 0.308. The van der Waals surface area contributed by atoms with Crippen molar-refractivity contribution in [3.8, 4) is 10.6 Å². The van der Waals surface area contributed by atoms with Crippen LogP contribution < -0.4 is 16.1 Å². The van der Waals surface area contributed by atoms with Crippen LogP contribution in [0.3, 0.4) is 0 Å². The third-order valence-corrected chi connectivity index (χ3v) is 7.68. The Hall–Kier alpha value is -3.62. The summed E-state index contributed by atoms with van der Waals surface area (Å²) in [4.78, 5) is 31.4. The fraction of sp³-hybridized carbons (Fsp3) is 0.192. The summed E-state index contributed by atoms with van der Waals surface area (Å²) in [7, 11) is 1.25. The van der Waals surface area contributed by atoms with Gasteiger partial charge in [0.2, 0.25) is 5.91 Å². The second-order valence-electron chi connectivity index (χ2n) is 8.28. The van der Waals surface area contributed by atoms with Gasteiger partial charge >= 0.3 is 6.09 Å². The molecule has 2 amide bonds. The lowest BCUT2D eigenvalue weighted by Crippen LogP contribution is -2.49. The molecular weight excluding hydrogens is 561 g/mol. The molecule has 2 heterocycles. The molecule has 204 valence electrons. The van der Waals surface area contributed by atoms with Crippen LogP contribution in [0.2, 0.25) is 0 Å². The summed E-state index contributed by atoms with van der Waals surface area (Å²) in [5, 5.41) is 10.3. The van der Waals surface area contributed by atoms with E-state index in [1.54, 1.807) is 35.6 Å². The second-order valence-corrected chi connectivity index (χ2v) is 10.7. The molecule has 13 heteroatoms. The second kappa shape index (κ2) is 14.0.